The number of rotatable bonds is 8. The Morgan fingerprint density at radius 1 is 1.03 bits per heavy atom. The molecule has 0 fully saturated rings. The first-order chi connectivity index (χ1) is 16.0. The van der Waals surface area contributed by atoms with Crippen molar-refractivity contribution >= 4 is 24.1 Å². The largest absolute Gasteiger partial charge is 0.513 e. The summed E-state index contributed by atoms with van der Waals surface area (Å²) in [6.07, 6.45) is -5.05. The molecular weight excluding hydrogens is 475 g/mol. The molecule has 11 heteroatoms. The van der Waals surface area contributed by atoms with E-state index in [0.717, 1.165) is 6.07 Å². The first-order valence-corrected chi connectivity index (χ1v) is 11.9. The third kappa shape index (κ3) is 7.34. The van der Waals surface area contributed by atoms with Crippen molar-refractivity contribution in [2.24, 2.45) is 5.92 Å². The molecule has 0 bridgehead atoms. The first kappa shape index (κ1) is 27.4. The fourth-order valence-corrected chi connectivity index (χ4v) is 3.45. The highest BCUT2D eigenvalue weighted by molar-refractivity contribution is 7.98. The number of carbonyl (C=O) groups is 2. The third-order valence-corrected chi connectivity index (χ3v) is 5.22. The van der Waals surface area contributed by atoms with Gasteiger partial charge in [0.1, 0.15) is 24.0 Å². The second-order valence-electron chi connectivity index (χ2n) is 7.87. The molecule has 1 N–H and O–H groups in total. The van der Waals surface area contributed by atoms with Gasteiger partial charge < -0.3 is 24.3 Å². The molecule has 0 saturated carbocycles. The number of allylic oxidation sites excluding steroid dienone is 2. The van der Waals surface area contributed by atoms with Crippen LogP contribution in [-0.4, -0.2) is 37.5 Å². The summed E-state index contributed by atoms with van der Waals surface area (Å²) in [5.41, 5.74) is -0.682. The van der Waals surface area contributed by atoms with Crippen molar-refractivity contribution in [3.05, 3.63) is 58.3 Å². The molecule has 0 radical (unpaired) electrons. The van der Waals surface area contributed by atoms with Gasteiger partial charge >= 0.3 is 18.5 Å². The van der Waals surface area contributed by atoms with Gasteiger partial charge in [-0.05, 0) is 37.7 Å². The van der Waals surface area contributed by atoms with Crippen LogP contribution in [0.2, 0.25) is 0 Å². The van der Waals surface area contributed by atoms with Crippen LogP contribution >= 0.6 is 11.8 Å². The van der Waals surface area contributed by atoms with Crippen molar-refractivity contribution in [2.45, 2.75) is 39.8 Å². The lowest BCUT2D eigenvalue weighted by Gasteiger charge is -2.31. The molecule has 1 atom stereocenters. The Hall–Kier alpha value is -2.82. The summed E-state index contributed by atoms with van der Waals surface area (Å²) in [6.45, 7) is 6.83. The predicted molar refractivity (Wildman–Crippen MR) is 121 cm³/mol. The number of nitrogens with one attached hydrogen (secondary N) is 1. The summed E-state index contributed by atoms with van der Waals surface area (Å²) in [5.74, 6) is -1.18. The summed E-state index contributed by atoms with van der Waals surface area (Å²) in [7, 11) is 0. The number of halogens is 3. The number of hydrogen-bond acceptors (Lipinski definition) is 8. The van der Waals surface area contributed by atoms with E-state index < -0.39 is 30.0 Å². The van der Waals surface area contributed by atoms with Gasteiger partial charge in [-0.3, -0.25) is 0 Å². The van der Waals surface area contributed by atoms with E-state index in [1.807, 2.05) is 20.1 Å². The van der Waals surface area contributed by atoms with Crippen LogP contribution in [0.1, 0.15) is 44.7 Å². The van der Waals surface area contributed by atoms with Crippen molar-refractivity contribution in [3.8, 4) is 0 Å². The molecular formula is C23H28F3NO6S. The SMILES string of the molecule is CSCCOC(=O)OC1=C(C)NC(C)=C(OC(=O)OCC(C)C)C1c1ccccc1C(F)(F)F. The zero-order valence-corrected chi connectivity index (χ0v) is 20.4. The Morgan fingerprint density at radius 2 is 1.59 bits per heavy atom. The summed E-state index contributed by atoms with van der Waals surface area (Å²) in [5, 5.41) is 2.89. The predicted octanol–water partition coefficient (Wildman–Crippen LogP) is 6.18. The highest BCUT2D eigenvalue weighted by Crippen LogP contribution is 2.44. The normalized spacial score (nSPS) is 16.3. The second kappa shape index (κ2) is 12.0. The Balaban J connectivity index is 2.52. The van der Waals surface area contributed by atoms with E-state index in [0.29, 0.717) is 5.75 Å². The average Bonchev–Trinajstić information content (AvgIpc) is 2.75. The number of dihydropyridines is 1. The van der Waals surface area contributed by atoms with E-state index in [1.54, 1.807) is 0 Å². The maximum absolute atomic E-state index is 13.9. The monoisotopic (exact) mass is 503 g/mol. The quantitative estimate of drug-likeness (QED) is 0.333. The Bertz CT molecular complexity index is 958. The van der Waals surface area contributed by atoms with E-state index in [2.05, 4.69) is 5.32 Å². The number of carbonyl (C=O) groups excluding carboxylic acids is 2. The van der Waals surface area contributed by atoms with E-state index in [-0.39, 0.29) is 47.6 Å². The molecule has 2 rings (SSSR count). The van der Waals surface area contributed by atoms with Gasteiger partial charge in [-0.15, -0.1) is 0 Å². The highest BCUT2D eigenvalue weighted by Gasteiger charge is 2.42. The molecule has 34 heavy (non-hydrogen) atoms. The highest BCUT2D eigenvalue weighted by atomic mass is 32.2. The molecule has 0 aliphatic carbocycles. The van der Waals surface area contributed by atoms with Crippen LogP contribution in [-0.2, 0) is 25.1 Å². The number of benzene rings is 1. The number of alkyl halides is 3. The molecule has 1 aliphatic heterocycles. The summed E-state index contributed by atoms with van der Waals surface area (Å²) in [4.78, 5) is 24.6. The average molecular weight is 504 g/mol. The molecule has 1 aromatic carbocycles. The summed E-state index contributed by atoms with van der Waals surface area (Å²) in [6, 6.07) is 4.81. The maximum atomic E-state index is 13.9. The second-order valence-corrected chi connectivity index (χ2v) is 8.86. The molecule has 7 nitrogen and oxygen atoms in total. The molecule has 0 aromatic heterocycles. The van der Waals surface area contributed by atoms with E-state index in [1.165, 1.54) is 43.8 Å². The van der Waals surface area contributed by atoms with Gasteiger partial charge in [0.05, 0.1) is 23.6 Å². The van der Waals surface area contributed by atoms with Crippen molar-refractivity contribution < 1.29 is 41.7 Å². The minimum absolute atomic E-state index is 0.0194. The van der Waals surface area contributed by atoms with Crippen LogP contribution in [0.3, 0.4) is 0 Å². The maximum Gasteiger partial charge on any atom is 0.513 e. The van der Waals surface area contributed by atoms with Crippen molar-refractivity contribution in [1.82, 2.24) is 5.32 Å². The van der Waals surface area contributed by atoms with E-state index >= 15 is 0 Å². The zero-order valence-electron chi connectivity index (χ0n) is 19.6. The van der Waals surface area contributed by atoms with Crippen LogP contribution in [0, 0.1) is 5.92 Å². The lowest BCUT2D eigenvalue weighted by molar-refractivity contribution is -0.138. The van der Waals surface area contributed by atoms with Gasteiger partial charge in [0.2, 0.25) is 0 Å². The van der Waals surface area contributed by atoms with Gasteiger partial charge in [0.25, 0.3) is 0 Å². The lowest BCUT2D eigenvalue weighted by atomic mass is 9.87. The first-order valence-electron chi connectivity index (χ1n) is 10.5. The molecule has 0 spiro atoms. The van der Waals surface area contributed by atoms with Gasteiger partial charge in [-0.2, -0.15) is 24.9 Å². The summed E-state index contributed by atoms with van der Waals surface area (Å²) >= 11 is 1.45. The van der Waals surface area contributed by atoms with Gasteiger partial charge in [-0.1, -0.05) is 32.0 Å². The number of thioether (sulfide) groups is 1. The topological polar surface area (TPSA) is 83.1 Å². The van der Waals surface area contributed by atoms with Crippen LogP contribution < -0.4 is 5.32 Å². The molecule has 0 saturated heterocycles. The summed E-state index contributed by atoms with van der Waals surface area (Å²) < 4.78 is 62.4. The third-order valence-electron chi connectivity index (χ3n) is 4.64. The molecule has 0 amide bonds. The Kier molecular flexibility index (Phi) is 9.72. The van der Waals surface area contributed by atoms with Crippen LogP contribution in [0.4, 0.5) is 22.8 Å². The van der Waals surface area contributed by atoms with Crippen LogP contribution in [0.5, 0.6) is 0 Å². The molecule has 188 valence electrons. The zero-order chi connectivity index (χ0) is 25.5. The number of hydrogen-bond donors (Lipinski definition) is 1. The minimum atomic E-state index is -4.71. The number of ether oxygens (including phenoxy) is 4. The lowest BCUT2D eigenvalue weighted by Crippen LogP contribution is -2.30. The fraction of sp³-hybridized carbons (Fsp3) is 0.478. The Morgan fingerprint density at radius 3 is 2.12 bits per heavy atom. The smallest absolute Gasteiger partial charge is 0.434 e. The molecule has 1 heterocycles. The van der Waals surface area contributed by atoms with Crippen molar-refractivity contribution in [2.75, 3.05) is 25.2 Å². The van der Waals surface area contributed by atoms with E-state index in [4.69, 9.17) is 18.9 Å². The standard InChI is InChI=1S/C23H28F3NO6S/c1-13(2)12-31-22(29)33-20-15(4)27-14(3)19(32-21(28)30-10-11-34-5)18(20)16-8-6-7-9-17(16)23(24,25)26/h6-9,13,18,27H,10-12H2,1-5H3. The molecule has 1 aliphatic rings. The van der Waals surface area contributed by atoms with Crippen molar-refractivity contribution in [3.63, 3.8) is 0 Å². The van der Waals surface area contributed by atoms with E-state index in [9.17, 15) is 22.8 Å². The van der Waals surface area contributed by atoms with Crippen LogP contribution in [0.15, 0.2) is 47.2 Å². The molecule has 1 aromatic rings. The minimum Gasteiger partial charge on any atom is -0.434 e. The van der Waals surface area contributed by atoms with Gasteiger partial charge in [0.15, 0.2) is 0 Å². The van der Waals surface area contributed by atoms with Gasteiger partial charge in [0, 0.05) is 5.75 Å². The van der Waals surface area contributed by atoms with Crippen molar-refractivity contribution in [1.29, 1.82) is 0 Å². The molecule has 1 unspecified atom stereocenters. The Labute approximate surface area is 200 Å². The van der Waals surface area contributed by atoms with Crippen LogP contribution in [0.25, 0.3) is 0 Å². The fourth-order valence-electron chi connectivity index (χ4n) is 3.20. The van der Waals surface area contributed by atoms with Gasteiger partial charge in [-0.25, -0.2) is 9.59 Å².